The van der Waals surface area contributed by atoms with E-state index in [1.54, 1.807) is 6.07 Å². The molecular formula is C29H36N4O3. The number of benzene rings is 2. The van der Waals surface area contributed by atoms with Gasteiger partial charge in [-0.3, -0.25) is 9.59 Å². The average Bonchev–Trinajstić information content (AvgIpc) is 3.59. The zero-order valence-electron chi connectivity index (χ0n) is 21.1. The number of amides is 2. The highest BCUT2D eigenvalue weighted by atomic mass is 16.3. The maximum atomic E-state index is 13.1. The van der Waals surface area contributed by atoms with E-state index >= 15 is 0 Å². The Morgan fingerprint density at radius 2 is 1.81 bits per heavy atom. The number of oxazole rings is 1. The van der Waals surface area contributed by atoms with Crippen LogP contribution in [-0.4, -0.2) is 65.4 Å². The van der Waals surface area contributed by atoms with Crippen molar-refractivity contribution >= 4 is 22.9 Å². The Bertz CT molecular complexity index is 1180. The van der Waals surface area contributed by atoms with Crippen molar-refractivity contribution in [3.05, 3.63) is 54.1 Å². The molecule has 2 fully saturated rings. The molecule has 0 bridgehead atoms. The first-order valence-electron chi connectivity index (χ1n) is 13.3. The fourth-order valence-electron chi connectivity index (χ4n) is 5.40. The normalized spacial score (nSPS) is 18.0. The van der Waals surface area contributed by atoms with Crippen molar-refractivity contribution in [3.8, 4) is 11.5 Å². The van der Waals surface area contributed by atoms with Crippen LogP contribution in [0.3, 0.4) is 0 Å². The molecule has 0 saturated carbocycles. The Kier molecular flexibility index (Phi) is 7.66. The highest BCUT2D eigenvalue weighted by molar-refractivity contribution is 5.97. The number of piperidine rings is 1. The predicted molar refractivity (Wildman–Crippen MR) is 141 cm³/mol. The summed E-state index contributed by atoms with van der Waals surface area (Å²) in [6, 6.07) is 15.8. The van der Waals surface area contributed by atoms with Gasteiger partial charge >= 0.3 is 0 Å². The molecule has 0 radical (unpaired) electrons. The van der Waals surface area contributed by atoms with Gasteiger partial charge in [-0.2, -0.15) is 0 Å². The Morgan fingerprint density at radius 3 is 2.56 bits per heavy atom. The number of carbonyl (C=O) groups excluding carboxylic acids is 2. The summed E-state index contributed by atoms with van der Waals surface area (Å²) < 4.78 is 5.94. The van der Waals surface area contributed by atoms with Crippen molar-refractivity contribution in [3.63, 3.8) is 0 Å². The predicted octanol–water partition coefficient (Wildman–Crippen LogP) is 4.73. The second kappa shape index (κ2) is 11.2. The Labute approximate surface area is 212 Å². The van der Waals surface area contributed by atoms with Crippen LogP contribution in [0.25, 0.3) is 22.6 Å². The maximum absolute atomic E-state index is 13.1. The molecule has 190 valence electrons. The molecule has 3 aromatic rings. The number of hydrogen-bond donors (Lipinski definition) is 1. The third kappa shape index (κ3) is 5.78. The summed E-state index contributed by atoms with van der Waals surface area (Å²) in [5.41, 5.74) is 2.88. The minimum absolute atomic E-state index is 0.00774. The fourth-order valence-corrected chi connectivity index (χ4v) is 5.40. The third-order valence-corrected chi connectivity index (χ3v) is 7.68. The fraction of sp³-hybridized carbons (Fsp3) is 0.483. The number of hydrogen-bond acceptors (Lipinski definition) is 5. The number of aromatic nitrogens is 1. The summed E-state index contributed by atoms with van der Waals surface area (Å²) >= 11 is 0. The number of fused-ring (bicyclic) bond motifs is 1. The molecule has 1 aromatic heterocycles. The molecule has 0 aliphatic carbocycles. The summed E-state index contributed by atoms with van der Waals surface area (Å²) in [5, 5.41) is 3.11. The Hall–Kier alpha value is -3.19. The zero-order valence-corrected chi connectivity index (χ0v) is 21.1. The summed E-state index contributed by atoms with van der Waals surface area (Å²) in [5.74, 6) is 1.03. The molecular weight excluding hydrogens is 452 g/mol. The van der Waals surface area contributed by atoms with Gasteiger partial charge in [-0.25, -0.2) is 4.98 Å². The van der Waals surface area contributed by atoms with Gasteiger partial charge in [0.25, 0.3) is 5.91 Å². The second-order valence-electron chi connectivity index (χ2n) is 10.2. The van der Waals surface area contributed by atoms with Gasteiger partial charge in [-0.05, 0) is 88.4 Å². The maximum Gasteiger partial charge on any atom is 0.253 e. The minimum Gasteiger partial charge on any atom is -0.436 e. The second-order valence-corrected chi connectivity index (χ2v) is 10.2. The van der Waals surface area contributed by atoms with Crippen LogP contribution in [0.4, 0.5) is 0 Å². The molecule has 1 atom stereocenters. The van der Waals surface area contributed by atoms with Crippen LogP contribution in [-0.2, 0) is 4.79 Å². The van der Waals surface area contributed by atoms with Crippen molar-refractivity contribution in [2.24, 2.45) is 5.92 Å². The lowest BCUT2D eigenvalue weighted by Crippen LogP contribution is -2.40. The summed E-state index contributed by atoms with van der Waals surface area (Å²) in [6.45, 7) is 6.72. The van der Waals surface area contributed by atoms with Gasteiger partial charge in [0.05, 0.1) is 0 Å². The van der Waals surface area contributed by atoms with E-state index in [9.17, 15) is 9.59 Å². The van der Waals surface area contributed by atoms with E-state index in [1.165, 1.54) is 25.9 Å². The lowest BCUT2D eigenvalue weighted by molar-refractivity contribution is -0.122. The van der Waals surface area contributed by atoms with Crippen LogP contribution in [0, 0.1) is 5.92 Å². The monoisotopic (exact) mass is 488 g/mol. The van der Waals surface area contributed by atoms with Gasteiger partial charge in [-0.15, -0.1) is 0 Å². The number of carbonyl (C=O) groups is 2. The molecule has 36 heavy (non-hydrogen) atoms. The molecule has 0 spiro atoms. The van der Waals surface area contributed by atoms with Crippen molar-refractivity contribution in [1.82, 2.24) is 20.1 Å². The standard InChI is InChI=1S/C29H36N4O3/c1-21(32-15-5-6-16-32)11-14-30-27(34)19-22-12-17-33(18-13-22)29(35)24-9-10-25-26(20-24)36-28(31-25)23-7-3-2-4-8-23/h2-4,7-10,20-22H,5-6,11-19H2,1H3,(H,30,34)/t21-/m1/s1. The van der Waals surface area contributed by atoms with Gasteiger partial charge in [0, 0.05) is 43.2 Å². The zero-order chi connectivity index (χ0) is 24.9. The molecule has 1 N–H and O–H groups in total. The highest BCUT2D eigenvalue weighted by Crippen LogP contribution is 2.26. The van der Waals surface area contributed by atoms with Gasteiger partial charge in [0.2, 0.25) is 11.8 Å². The van der Waals surface area contributed by atoms with Crippen LogP contribution in [0.15, 0.2) is 52.9 Å². The van der Waals surface area contributed by atoms with Crippen molar-refractivity contribution in [2.45, 2.75) is 51.5 Å². The summed E-state index contributed by atoms with van der Waals surface area (Å²) in [4.78, 5) is 34.6. The lowest BCUT2D eigenvalue weighted by Gasteiger charge is -2.32. The topological polar surface area (TPSA) is 78.7 Å². The van der Waals surface area contributed by atoms with Crippen molar-refractivity contribution in [2.75, 3.05) is 32.7 Å². The van der Waals surface area contributed by atoms with Crippen molar-refractivity contribution < 1.29 is 14.0 Å². The molecule has 5 rings (SSSR count). The first-order chi connectivity index (χ1) is 17.6. The Morgan fingerprint density at radius 1 is 1.06 bits per heavy atom. The molecule has 2 aliphatic rings. The molecule has 3 heterocycles. The van der Waals surface area contributed by atoms with Crippen LogP contribution >= 0.6 is 0 Å². The van der Waals surface area contributed by atoms with Crippen LogP contribution < -0.4 is 5.32 Å². The van der Waals surface area contributed by atoms with E-state index in [2.05, 4.69) is 22.1 Å². The molecule has 2 saturated heterocycles. The number of rotatable bonds is 8. The first-order valence-corrected chi connectivity index (χ1v) is 13.3. The third-order valence-electron chi connectivity index (χ3n) is 7.68. The largest absolute Gasteiger partial charge is 0.436 e. The van der Waals surface area contributed by atoms with Crippen LogP contribution in [0.1, 0.15) is 55.8 Å². The molecule has 2 aromatic carbocycles. The minimum atomic E-state index is 0.00774. The van der Waals surface area contributed by atoms with E-state index in [0.717, 1.165) is 36.9 Å². The number of nitrogens with one attached hydrogen (secondary N) is 1. The summed E-state index contributed by atoms with van der Waals surface area (Å²) in [6.07, 6.45) is 5.84. The van der Waals surface area contributed by atoms with E-state index in [4.69, 9.17) is 4.42 Å². The molecule has 2 aliphatic heterocycles. The lowest BCUT2D eigenvalue weighted by atomic mass is 9.93. The molecule has 7 nitrogen and oxygen atoms in total. The van der Waals surface area contributed by atoms with Gasteiger partial charge in [0.15, 0.2) is 5.58 Å². The van der Waals surface area contributed by atoms with Gasteiger partial charge in [-0.1, -0.05) is 18.2 Å². The first kappa shape index (κ1) is 24.5. The van der Waals surface area contributed by atoms with Crippen LogP contribution in [0.2, 0.25) is 0 Å². The van der Waals surface area contributed by atoms with Crippen molar-refractivity contribution in [1.29, 1.82) is 0 Å². The van der Waals surface area contributed by atoms with Gasteiger partial charge in [0.1, 0.15) is 5.52 Å². The summed E-state index contributed by atoms with van der Waals surface area (Å²) in [7, 11) is 0. The number of nitrogens with zero attached hydrogens (tertiary/aromatic N) is 3. The molecule has 2 amide bonds. The average molecular weight is 489 g/mol. The smallest absolute Gasteiger partial charge is 0.253 e. The highest BCUT2D eigenvalue weighted by Gasteiger charge is 2.26. The van der Waals surface area contributed by atoms with Gasteiger partial charge < -0.3 is 19.5 Å². The molecule has 7 heteroatoms. The van der Waals surface area contributed by atoms with E-state index in [1.807, 2.05) is 47.4 Å². The quantitative estimate of drug-likeness (QED) is 0.496. The van der Waals surface area contributed by atoms with Crippen LogP contribution in [0.5, 0.6) is 0 Å². The van der Waals surface area contributed by atoms with E-state index < -0.39 is 0 Å². The Balaban J connectivity index is 1.09. The number of likely N-dealkylation sites (tertiary alicyclic amines) is 2. The van der Waals surface area contributed by atoms with E-state index in [-0.39, 0.29) is 11.8 Å². The van der Waals surface area contributed by atoms with E-state index in [0.29, 0.717) is 48.5 Å². The SMILES string of the molecule is C[C@H](CCNC(=O)CC1CCN(C(=O)c2ccc3nc(-c4ccccc4)oc3c2)CC1)N1CCCC1. The molecule has 0 unspecified atom stereocenters.